The molecule has 1 aliphatic rings. The summed E-state index contributed by atoms with van der Waals surface area (Å²) >= 11 is 0. The third kappa shape index (κ3) is 5.07. The number of rotatable bonds is 7. The van der Waals surface area contributed by atoms with E-state index >= 15 is 0 Å². The molecule has 0 aromatic heterocycles. The van der Waals surface area contributed by atoms with E-state index in [0.29, 0.717) is 30.4 Å². The van der Waals surface area contributed by atoms with E-state index in [0.717, 1.165) is 25.1 Å². The van der Waals surface area contributed by atoms with Crippen molar-refractivity contribution >= 4 is 18.3 Å². The Morgan fingerprint density at radius 1 is 1.36 bits per heavy atom. The second-order valence-electron chi connectivity index (χ2n) is 5.33. The van der Waals surface area contributed by atoms with Crippen molar-refractivity contribution in [1.29, 1.82) is 0 Å². The van der Waals surface area contributed by atoms with Gasteiger partial charge in [0.25, 0.3) is 0 Å². The van der Waals surface area contributed by atoms with Gasteiger partial charge in [-0.15, -0.1) is 12.4 Å². The highest BCUT2D eigenvalue weighted by molar-refractivity contribution is 5.85. The Hall–Kier alpha value is -1.46. The van der Waals surface area contributed by atoms with Crippen LogP contribution in [0, 0.1) is 5.92 Å². The van der Waals surface area contributed by atoms with Crippen molar-refractivity contribution in [2.45, 2.75) is 25.8 Å². The molecule has 0 spiro atoms. The molecule has 1 atom stereocenters. The second kappa shape index (κ2) is 9.54. The molecule has 1 unspecified atom stereocenters. The van der Waals surface area contributed by atoms with E-state index < -0.39 is 0 Å². The highest BCUT2D eigenvalue weighted by Crippen LogP contribution is 2.30. The van der Waals surface area contributed by atoms with Crippen LogP contribution in [0.1, 0.15) is 24.8 Å². The zero-order valence-corrected chi connectivity index (χ0v) is 14.0. The number of carbonyl (C=O) groups is 1. The van der Waals surface area contributed by atoms with Crippen LogP contribution in [0.4, 0.5) is 0 Å². The topological polar surface area (TPSA) is 59.6 Å². The molecule has 22 heavy (non-hydrogen) atoms. The largest absolute Gasteiger partial charge is 0.493 e. The van der Waals surface area contributed by atoms with Crippen molar-refractivity contribution in [3.8, 4) is 11.5 Å². The molecular formula is C16H25ClN2O3. The second-order valence-corrected chi connectivity index (χ2v) is 5.33. The average molecular weight is 329 g/mol. The maximum atomic E-state index is 11.9. The number of nitrogens with one attached hydrogen (secondary N) is 2. The quantitative estimate of drug-likeness (QED) is 0.805. The van der Waals surface area contributed by atoms with Gasteiger partial charge in [0.1, 0.15) is 0 Å². The normalized spacial score (nSPS) is 16.7. The SMILES string of the molecule is COc1cccc(CNC(=O)CCC2CCNC2)c1OC.Cl. The first kappa shape index (κ1) is 18.6. The fourth-order valence-electron chi connectivity index (χ4n) is 2.67. The highest BCUT2D eigenvalue weighted by Gasteiger charge is 2.16. The average Bonchev–Trinajstić information content (AvgIpc) is 3.03. The van der Waals surface area contributed by atoms with Crippen LogP contribution < -0.4 is 20.1 Å². The van der Waals surface area contributed by atoms with E-state index in [1.807, 2.05) is 18.2 Å². The standard InChI is InChI=1S/C16H24N2O3.ClH/c1-20-14-5-3-4-13(16(14)21-2)11-18-15(19)7-6-12-8-9-17-10-12;/h3-5,12,17H,6-11H2,1-2H3,(H,18,19);1H. The van der Waals surface area contributed by atoms with Gasteiger partial charge in [-0.3, -0.25) is 4.79 Å². The van der Waals surface area contributed by atoms with Gasteiger partial charge >= 0.3 is 0 Å². The number of carbonyl (C=O) groups excluding carboxylic acids is 1. The van der Waals surface area contributed by atoms with E-state index in [4.69, 9.17) is 9.47 Å². The molecule has 0 saturated carbocycles. The number of amides is 1. The predicted octanol–water partition coefficient (Wildman–Crippen LogP) is 2.13. The number of hydrogen-bond acceptors (Lipinski definition) is 4. The van der Waals surface area contributed by atoms with Gasteiger partial charge in [0.15, 0.2) is 11.5 Å². The van der Waals surface area contributed by atoms with Crippen molar-refractivity contribution < 1.29 is 14.3 Å². The lowest BCUT2D eigenvalue weighted by molar-refractivity contribution is -0.121. The van der Waals surface area contributed by atoms with Crippen molar-refractivity contribution in [2.75, 3.05) is 27.3 Å². The van der Waals surface area contributed by atoms with Crippen LogP contribution in [0.2, 0.25) is 0 Å². The lowest BCUT2D eigenvalue weighted by Gasteiger charge is -2.13. The molecule has 1 aromatic carbocycles. The summed E-state index contributed by atoms with van der Waals surface area (Å²) in [6.07, 6.45) is 2.71. The number of benzene rings is 1. The molecule has 1 aromatic rings. The number of methoxy groups -OCH3 is 2. The number of para-hydroxylation sites is 1. The Bertz CT molecular complexity index is 476. The number of ether oxygens (including phenoxy) is 2. The van der Waals surface area contributed by atoms with Crippen LogP contribution in [0.15, 0.2) is 18.2 Å². The van der Waals surface area contributed by atoms with Gasteiger partial charge in [-0.05, 0) is 37.9 Å². The summed E-state index contributed by atoms with van der Waals surface area (Å²) < 4.78 is 10.6. The molecule has 2 rings (SSSR count). The van der Waals surface area contributed by atoms with Crippen LogP contribution in [-0.2, 0) is 11.3 Å². The van der Waals surface area contributed by atoms with Gasteiger partial charge in [0.2, 0.25) is 5.91 Å². The molecule has 1 amide bonds. The predicted molar refractivity (Wildman–Crippen MR) is 88.9 cm³/mol. The van der Waals surface area contributed by atoms with Crippen LogP contribution in [0.3, 0.4) is 0 Å². The molecule has 2 N–H and O–H groups in total. The van der Waals surface area contributed by atoms with Crippen LogP contribution in [0.5, 0.6) is 11.5 Å². The van der Waals surface area contributed by atoms with Crippen molar-refractivity contribution in [2.24, 2.45) is 5.92 Å². The van der Waals surface area contributed by atoms with Gasteiger partial charge in [-0.2, -0.15) is 0 Å². The molecule has 1 saturated heterocycles. The van der Waals surface area contributed by atoms with Crippen LogP contribution >= 0.6 is 12.4 Å². The Morgan fingerprint density at radius 2 is 2.18 bits per heavy atom. The number of hydrogen-bond donors (Lipinski definition) is 2. The summed E-state index contributed by atoms with van der Waals surface area (Å²) in [5.74, 6) is 2.09. The monoisotopic (exact) mass is 328 g/mol. The molecule has 1 aliphatic heterocycles. The summed E-state index contributed by atoms with van der Waals surface area (Å²) in [7, 11) is 3.21. The molecule has 6 heteroatoms. The Morgan fingerprint density at radius 3 is 2.82 bits per heavy atom. The van der Waals surface area contributed by atoms with E-state index in [1.54, 1.807) is 14.2 Å². The van der Waals surface area contributed by atoms with Crippen molar-refractivity contribution in [1.82, 2.24) is 10.6 Å². The molecule has 0 radical (unpaired) electrons. The third-order valence-corrected chi connectivity index (χ3v) is 3.90. The minimum atomic E-state index is 0. The third-order valence-electron chi connectivity index (χ3n) is 3.90. The summed E-state index contributed by atoms with van der Waals surface area (Å²) in [6.45, 7) is 2.58. The van der Waals surface area contributed by atoms with Crippen molar-refractivity contribution in [3.05, 3.63) is 23.8 Å². The first-order valence-corrected chi connectivity index (χ1v) is 7.42. The van der Waals surface area contributed by atoms with E-state index in [1.165, 1.54) is 6.42 Å². The zero-order chi connectivity index (χ0) is 15.1. The lowest BCUT2D eigenvalue weighted by Crippen LogP contribution is -2.23. The van der Waals surface area contributed by atoms with Gasteiger partial charge in [0.05, 0.1) is 14.2 Å². The fourth-order valence-corrected chi connectivity index (χ4v) is 2.67. The van der Waals surface area contributed by atoms with E-state index in [9.17, 15) is 4.79 Å². The maximum Gasteiger partial charge on any atom is 0.220 e. The first-order chi connectivity index (χ1) is 10.2. The highest BCUT2D eigenvalue weighted by atomic mass is 35.5. The van der Waals surface area contributed by atoms with Gasteiger partial charge < -0.3 is 20.1 Å². The number of halogens is 1. The van der Waals surface area contributed by atoms with Gasteiger partial charge in [0, 0.05) is 18.5 Å². The zero-order valence-electron chi connectivity index (χ0n) is 13.2. The molecule has 1 fully saturated rings. The minimum Gasteiger partial charge on any atom is -0.493 e. The molecule has 5 nitrogen and oxygen atoms in total. The Kier molecular flexibility index (Phi) is 8.06. The van der Waals surface area contributed by atoms with Crippen LogP contribution in [0.25, 0.3) is 0 Å². The van der Waals surface area contributed by atoms with E-state index in [2.05, 4.69) is 10.6 Å². The summed E-state index contributed by atoms with van der Waals surface area (Å²) in [6, 6.07) is 5.67. The van der Waals surface area contributed by atoms with Gasteiger partial charge in [-0.1, -0.05) is 12.1 Å². The Balaban J connectivity index is 0.00000242. The lowest BCUT2D eigenvalue weighted by atomic mass is 10.0. The first-order valence-electron chi connectivity index (χ1n) is 7.42. The molecule has 1 heterocycles. The molecular weight excluding hydrogens is 304 g/mol. The smallest absolute Gasteiger partial charge is 0.220 e. The molecule has 124 valence electrons. The minimum absolute atomic E-state index is 0. The van der Waals surface area contributed by atoms with E-state index in [-0.39, 0.29) is 18.3 Å². The summed E-state index contributed by atoms with van der Waals surface area (Å²) in [4.78, 5) is 11.9. The maximum absolute atomic E-state index is 11.9. The molecule has 0 aliphatic carbocycles. The summed E-state index contributed by atoms with van der Waals surface area (Å²) in [5.41, 5.74) is 0.924. The fraction of sp³-hybridized carbons (Fsp3) is 0.562. The van der Waals surface area contributed by atoms with Crippen molar-refractivity contribution in [3.63, 3.8) is 0 Å². The van der Waals surface area contributed by atoms with Crippen LogP contribution in [-0.4, -0.2) is 33.2 Å². The van der Waals surface area contributed by atoms with Gasteiger partial charge in [-0.25, -0.2) is 0 Å². The Labute approximate surface area is 138 Å². The summed E-state index contributed by atoms with van der Waals surface area (Å²) in [5, 5.41) is 6.27. The molecule has 0 bridgehead atoms.